The van der Waals surface area contributed by atoms with E-state index in [2.05, 4.69) is 20.4 Å². The van der Waals surface area contributed by atoms with E-state index in [0.717, 1.165) is 13.0 Å². The van der Waals surface area contributed by atoms with E-state index < -0.39 is 5.60 Å². The third kappa shape index (κ3) is 4.21. The second-order valence-corrected chi connectivity index (χ2v) is 6.37. The van der Waals surface area contributed by atoms with E-state index in [9.17, 15) is 9.90 Å². The lowest BCUT2D eigenvalue weighted by Gasteiger charge is -2.39. The zero-order valence-electron chi connectivity index (χ0n) is 13.1. The highest BCUT2D eigenvalue weighted by molar-refractivity contribution is 6.30. The number of aliphatic hydroxyl groups is 1. The second-order valence-electron chi connectivity index (χ2n) is 5.93. The standard InChI is InChI=1S/C15H19ClN6O2/c16-12-7-20-22(8-12)9-13(23)19-10-15(24)3-1-6-21(11-15)14-17-4-2-5-18-14/h2,4-5,7-8,24H,1,3,6,9-11H2,(H,19,23)/t15-/m0/s1. The third-order valence-electron chi connectivity index (χ3n) is 3.91. The van der Waals surface area contributed by atoms with Crippen LogP contribution in [0.5, 0.6) is 0 Å². The molecule has 2 aromatic rings. The second kappa shape index (κ2) is 7.14. The Labute approximate surface area is 144 Å². The molecule has 0 bridgehead atoms. The molecule has 1 amide bonds. The van der Waals surface area contributed by atoms with Crippen LogP contribution in [0.25, 0.3) is 0 Å². The first-order valence-electron chi connectivity index (χ1n) is 7.73. The van der Waals surface area contributed by atoms with Gasteiger partial charge in [0.1, 0.15) is 6.54 Å². The molecule has 3 heterocycles. The average Bonchev–Trinajstić information content (AvgIpc) is 2.99. The van der Waals surface area contributed by atoms with Gasteiger partial charge in [0, 0.05) is 31.7 Å². The largest absolute Gasteiger partial charge is 0.386 e. The maximum Gasteiger partial charge on any atom is 0.241 e. The Hall–Kier alpha value is -2.19. The molecular formula is C15H19ClN6O2. The van der Waals surface area contributed by atoms with Crippen LogP contribution >= 0.6 is 11.6 Å². The molecule has 2 N–H and O–H groups in total. The zero-order chi connectivity index (χ0) is 17.0. The Morgan fingerprint density at radius 1 is 1.42 bits per heavy atom. The summed E-state index contributed by atoms with van der Waals surface area (Å²) in [7, 11) is 0. The number of aromatic nitrogens is 4. The van der Waals surface area contributed by atoms with Crippen LogP contribution in [0.4, 0.5) is 5.95 Å². The molecule has 2 aromatic heterocycles. The molecule has 0 aromatic carbocycles. The van der Waals surface area contributed by atoms with Gasteiger partial charge in [-0.1, -0.05) is 11.6 Å². The van der Waals surface area contributed by atoms with E-state index >= 15 is 0 Å². The van der Waals surface area contributed by atoms with Crippen molar-refractivity contribution in [2.75, 3.05) is 24.5 Å². The van der Waals surface area contributed by atoms with Crippen molar-refractivity contribution in [2.45, 2.75) is 25.0 Å². The lowest BCUT2D eigenvalue weighted by Crippen LogP contribution is -2.55. The summed E-state index contributed by atoms with van der Waals surface area (Å²) in [6.07, 6.45) is 7.82. The SMILES string of the molecule is O=C(Cn1cc(Cl)cn1)NC[C@@]1(O)CCCN(c2ncccn2)C1. The predicted octanol–water partition coefficient (Wildman–Crippen LogP) is 0.474. The zero-order valence-corrected chi connectivity index (χ0v) is 13.9. The van der Waals surface area contributed by atoms with Gasteiger partial charge >= 0.3 is 0 Å². The number of nitrogens with one attached hydrogen (secondary N) is 1. The minimum atomic E-state index is -1.01. The molecule has 0 aliphatic carbocycles. The van der Waals surface area contributed by atoms with Gasteiger partial charge < -0.3 is 15.3 Å². The maximum atomic E-state index is 12.0. The first kappa shape index (κ1) is 16.7. The van der Waals surface area contributed by atoms with Crippen LogP contribution in [0.3, 0.4) is 0 Å². The fourth-order valence-electron chi connectivity index (χ4n) is 2.77. The van der Waals surface area contributed by atoms with Gasteiger partial charge in [-0.3, -0.25) is 9.48 Å². The number of β-amino-alcohol motifs (C(OH)–C–C–N with tert-alkyl or cyclic N) is 1. The summed E-state index contributed by atoms with van der Waals surface area (Å²) in [6.45, 7) is 1.40. The summed E-state index contributed by atoms with van der Waals surface area (Å²) in [5.74, 6) is 0.365. The van der Waals surface area contributed by atoms with Crippen molar-refractivity contribution < 1.29 is 9.90 Å². The Kier molecular flexibility index (Phi) is 4.96. The molecule has 0 saturated carbocycles. The van der Waals surface area contributed by atoms with E-state index in [1.807, 2.05) is 4.90 Å². The number of nitrogens with zero attached hydrogens (tertiary/aromatic N) is 5. The van der Waals surface area contributed by atoms with Crippen molar-refractivity contribution in [3.05, 3.63) is 35.9 Å². The average molecular weight is 351 g/mol. The van der Waals surface area contributed by atoms with Gasteiger partial charge in [0.05, 0.1) is 23.4 Å². The van der Waals surface area contributed by atoms with Gasteiger partial charge in [-0.2, -0.15) is 5.10 Å². The van der Waals surface area contributed by atoms with Crippen LogP contribution < -0.4 is 10.2 Å². The van der Waals surface area contributed by atoms with E-state index in [1.54, 1.807) is 24.7 Å². The minimum Gasteiger partial charge on any atom is -0.386 e. The molecule has 8 nitrogen and oxygen atoms in total. The van der Waals surface area contributed by atoms with Crippen molar-refractivity contribution in [2.24, 2.45) is 0 Å². The predicted molar refractivity (Wildman–Crippen MR) is 88.7 cm³/mol. The number of carbonyl (C=O) groups excluding carboxylic acids is 1. The summed E-state index contributed by atoms with van der Waals surface area (Å²) < 4.78 is 1.45. The number of anilines is 1. The topological polar surface area (TPSA) is 96.2 Å². The van der Waals surface area contributed by atoms with E-state index in [-0.39, 0.29) is 19.0 Å². The Bertz CT molecular complexity index is 694. The lowest BCUT2D eigenvalue weighted by molar-refractivity contribution is -0.123. The van der Waals surface area contributed by atoms with Gasteiger partial charge in [-0.25, -0.2) is 9.97 Å². The molecule has 1 fully saturated rings. The monoisotopic (exact) mass is 350 g/mol. The fraction of sp³-hybridized carbons (Fsp3) is 0.467. The molecule has 0 unspecified atom stereocenters. The number of halogens is 1. The van der Waals surface area contributed by atoms with E-state index in [0.29, 0.717) is 23.9 Å². The van der Waals surface area contributed by atoms with Gasteiger partial charge in [-0.05, 0) is 18.9 Å². The van der Waals surface area contributed by atoms with Crippen molar-refractivity contribution in [3.8, 4) is 0 Å². The quantitative estimate of drug-likeness (QED) is 0.814. The highest BCUT2D eigenvalue weighted by atomic mass is 35.5. The molecule has 1 atom stereocenters. The Balaban J connectivity index is 1.54. The summed E-state index contributed by atoms with van der Waals surface area (Å²) in [4.78, 5) is 22.4. The van der Waals surface area contributed by atoms with Crippen LogP contribution in [0.15, 0.2) is 30.9 Å². The molecule has 0 radical (unpaired) electrons. The van der Waals surface area contributed by atoms with E-state index in [4.69, 9.17) is 11.6 Å². The minimum absolute atomic E-state index is 0.0638. The first-order chi connectivity index (χ1) is 11.5. The molecule has 1 saturated heterocycles. The fourth-order valence-corrected chi connectivity index (χ4v) is 2.93. The third-order valence-corrected chi connectivity index (χ3v) is 4.11. The number of rotatable bonds is 5. The summed E-state index contributed by atoms with van der Waals surface area (Å²) in [6, 6.07) is 1.75. The van der Waals surface area contributed by atoms with Gasteiger partial charge in [0.2, 0.25) is 11.9 Å². The van der Waals surface area contributed by atoms with Gasteiger partial charge in [0.25, 0.3) is 0 Å². The lowest BCUT2D eigenvalue weighted by atomic mass is 9.93. The molecule has 9 heteroatoms. The smallest absolute Gasteiger partial charge is 0.241 e. The number of hydrogen-bond donors (Lipinski definition) is 2. The maximum absolute atomic E-state index is 12.0. The highest BCUT2D eigenvalue weighted by Gasteiger charge is 2.34. The normalized spacial score (nSPS) is 20.8. The molecule has 1 aliphatic heterocycles. The van der Waals surface area contributed by atoms with Crippen LogP contribution in [-0.2, 0) is 11.3 Å². The number of carbonyl (C=O) groups is 1. The molecule has 3 rings (SSSR count). The Morgan fingerprint density at radius 3 is 2.92 bits per heavy atom. The van der Waals surface area contributed by atoms with Crippen molar-refractivity contribution in [1.29, 1.82) is 0 Å². The Morgan fingerprint density at radius 2 is 2.21 bits per heavy atom. The van der Waals surface area contributed by atoms with Crippen molar-refractivity contribution in [3.63, 3.8) is 0 Å². The first-order valence-corrected chi connectivity index (χ1v) is 8.11. The molecule has 24 heavy (non-hydrogen) atoms. The molecular weight excluding hydrogens is 332 g/mol. The van der Waals surface area contributed by atoms with Crippen molar-refractivity contribution >= 4 is 23.5 Å². The summed E-state index contributed by atoms with van der Waals surface area (Å²) >= 11 is 5.77. The van der Waals surface area contributed by atoms with Gasteiger partial charge in [0.15, 0.2) is 0 Å². The number of piperidine rings is 1. The van der Waals surface area contributed by atoms with Gasteiger partial charge in [-0.15, -0.1) is 0 Å². The highest BCUT2D eigenvalue weighted by Crippen LogP contribution is 2.23. The molecule has 128 valence electrons. The molecule has 0 spiro atoms. The summed E-state index contributed by atoms with van der Waals surface area (Å²) in [5, 5.41) is 18.0. The van der Waals surface area contributed by atoms with E-state index in [1.165, 1.54) is 10.9 Å². The van der Waals surface area contributed by atoms with Crippen LogP contribution in [0.2, 0.25) is 5.02 Å². The van der Waals surface area contributed by atoms with Crippen LogP contribution in [-0.4, -0.2) is 56.0 Å². The van der Waals surface area contributed by atoms with Crippen LogP contribution in [0.1, 0.15) is 12.8 Å². The van der Waals surface area contributed by atoms with Crippen molar-refractivity contribution in [1.82, 2.24) is 25.1 Å². The summed E-state index contributed by atoms with van der Waals surface area (Å²) in [5.41, 5.74) is -1.01. The van der Waals surface area contributed by atoms with Crippen LogP contribution in [0, 0.1) is 0 Å². The number of amides is 1. The number of hydrogen-bond acceptors (Lipinski definition) is 6. The molecule has 1 aliphatic rings.